The van der Waals surface area contributed by atoms with Gasteiger partial charge in [-0.15, -0.1) is 0 Å². The summed E-state index contributed by atoms with van der Waals surface area (Å²) >= 11 is 0. The highest BCUT2D eigenvalue weighted by Crippen LogP contribution is 2.24. The quantitative estimate of drug-likeness (QED) is 0.593. The standard InChI is InChI=1S/C14H21NO2/c1-6-14(2,3)13(16)17-12-9-7-11(8-10-12)15(4)5/h7-10H,6H2,1-5H3. The van der Waals surface area contributed by atoms with Crippen molar-refractivity contribution < 1.29 is 9.53 Å². The van der Waals surface area contributed by atoms with Crippen molar-refractivity contribution in [3.05, 3.63) is 24.3 Å². The molecule has 0 heterocycles. The minimum absolute atomic E-state index is 0.183. The van der Waals surface area contributed by atoms with Gasteiger partial charge < -0.3 is 9.64 Å². The Labute approximate surface area is 103 Å². The van der Waals surface area contributed by atoms with E-state index in [0.717, 1.165) is 12.1 Å². The average molecular weight is 235 g/mol. The van der Waals surface area contributed by atoms with Crippen LogP contribution in [0.15, 0.2) is 24.3 Å². The predicted octanol–water partition coefficient (Wildman–Crippen LogP) is 3.09. The molecule has 0 amide bonds. The van der Waals surface area contributed by atoms with E-state index in [2.05, 4.69) is 0 Å². The third kappa shape index (κ3) is 3.48. The molecule has 0 aliphatic rings. The van der Waals surface area contributed by atoms with E-state index in [9.17, 15) is 4.79 Å². The summed E-state index contributed by atoms with van der Waals surface area (Å²) in [6, 6.07) is 7.50. The van der Waals surface area contributed by atoms with E-state index in [-0.39, 0.29) is 5.97 Å². The second kappa shape index (κ2) is 5.21. The minimum atomic E-state index is -0.430. The number of anilines is 1. The van der Waals surface area contributed by atoms with Gasteiger partial charge in [0.2, 0.25) is 0 Å². The van der Waals surface area contributed by atoms with Gasteiger partial charge in [-0.25, -0.2) is 0 Å². The van der Waals surface area contributed by atoms with E-state index in [1.807, 2.05) is 64.0 Å². The monoisotopic (exact) mass is 235 g/mol. The lowest BCUT2D eigenvalue weighted by atomic mass is 9.91. The number of ether oxygens (including phenoxy) is 1. The zero-order valence-electron chi connectivity index (χ0n) is 11.3. The molecule has 0 saturated heterocycles. The summed E-state index contributed by atoms with van der Waals surface area (Å²) in [6.45, 7) is 5.77. The molecule has 0 aromatic heterocycles. The van der Waals surface area contributed by atoms with Gasteiger partial charge in [-0.1, -0.05) is 6.92 Å². The number of hydrogen-bond acceptors (Lipinski definition) is 3. The Bertz CT molecular complexity index is 380. The number of benzene rings is 1. The van der Waals surface area contributed by atoms with Gasteiger partial charge in [0.05, 0.1) is 5.41 Å². The van der Waals surface area contributed by atoms with Crippen LogP contribution in [0.25, 0.3) is 0 Å². The summed E-state index contributed by atoms with van der Waals surface area (Å²) in [5.41, 5.74) is 0.653. The van der Waals surface area contributed by atoms with Crippen molar-refractivity contribution in [3.8, 4) is 5.75 Å². The highest BCUT2D eigenvalue weighted by atomic mass is 16.5. The normalized spacial score (nSPS) is 11.1. The Morgan fingerprint density at radius 2 is 1.76 bits per heavy atom. The first-order valence-electron chi connectivity index (χ1n) is 5.86. The summed E-state index contributed by atoms with van der Waals surface area (Å²) in [4.78, 5) is 13.9. The number of esters is 1. The topological polar surface area (TPSA) is 29.5 Å². The summed E-state index contributed by atoms with van der Waals surface area (Å²) < 4.78 is 5.35. The van der Waals surface area contributed by atoms with Gasteiger partial charge in [0.15, 0.2) is 0 Å². The van der Waals surface area contributed by atoms with Crippen molar-refractivity contribution in [1.29, 1.82) is 0 Å². The van der Waals surface area contributed by atoms with Crippen LogP contribution in [0.5, 0.6) is 5.75 Å². The van der Waals surface area contributed by atoms with E-state index in [1.165, 1.54) is 0 Å². The van der Waals surface area contributed by atoms with Crippen molar-refractivity contribution in [2.75, 3.05) is 19.0 Å². The molecule has 0 bridgehead atoms. The Morgan fingerprint density at radius 1 is 1.24 bits per heavy atom. The van der Waals surface area contributed by atoms with Gasteiger partial charge in [0.1, 0.15) is 5.75 Å². The third-order valence-corrected chi connectivity index (χ3v) is 3.00. The van der Waals surface area contributed by atoms with Gasteiger partial charge in [-0.3, -0.25) is 4.79 Å². The number of nitrogens with zero attached hydrogens (tertiary/aromatic N) is 1. The second-order valence-electron chi connectivity index (χ2n) is 5.02. The molecule has 1 rings (SSSR count). The molecular weight excluding hydrogens is 214 g/mol. The first-order valence-corrected chi connectivity index (χ1v) is 5.86. The van der Waals surface area contributed by atoms with Crippen molar-refractivity contribution >= 4 is 11.7 Å². The van der Waals surface area contributed by atoms with E-state index in [0.29, 0.717) is 5.75 Å². The fraction of sp³-hybridized carbons (Fsp3) is 0.500. The number of carbonyl (C=O) groups is 1. The van der Waals surface area contributed by atoms with Gasteiger partial charge in [0, 0.05) is 19.8 Å². The Balaban J connectivity index is 2.73. The minimum Gasteiger partial charge on any atom is -0.426 e. The second-order valence-corrected chi connectivity index (χ2v) is 5.02. The van der Waals surface area contributed by atoms with Crippen molar-refractivity contribution in [2.45, 2.75) is 27.2 Å². The van der Waals surface area contributed by atoms with Crippen LogP contribution in [0, 0.1) is 5.41 Å². The van der Waals surface area contributed by atoms with E-state index < -0.39 is 5.41 Å². The van der Waals surface area contributed by atoms with Gasteiger partial charge >= 0.3 is 5.97 Å². The predicted molar refractivity (Wildman–Crippen MR) is 70.5 cm³/mol. The third-order valence-electron chi connectivity index (χ3n) is 3.00. The SMILES string of the molecule is CCC(C)(C)C(=O)Oc1ccc(N(C)C)cc1. The molecule has 0 aliphatic carbocycles. The number of rotatable bonds is 4. The number of hydrogen-bond donors (Lipinski definition) is 0. The van der Waals surface area contributed by atoms with Crippen molar-refractivity contribution in [3.63, 3.8) is 0 Å². The lowest BCUT2D eigenvalue weighted by molar-refractivity contribution is -0.144. The molecule has 0 N–H and O–H groups in total. The lowest BCUT2D eigenvalue weighted by Gasteiger charge is -2.20. The maximum Gasteiger partial charge on any atom is 0.316 e. The molecule has 0 aliphatic heterocycles. The maximum absolute atomic E-state index is 11.9. The van der Waals surface area contributed by atoms with Gasteiger partial charge in [0.25, 0.3) is 0 Å². The molecule has 1 aromatic carbocycles. The molecule has 3 heteroatoms. The van der Waals surface area contributed by atoms with E-state index in [1.54, 1.807) is 0 Å². The van der Waals surface area contributed by atoms with Crippen LogP contribution in [0.2, 0.25) is 0 Å². The first kappa shape index (κ1) is 13.6. The summed E-state index contributed by atoms with van der Waals surface area (Å²) in [6.07, 6.45) is 0.765. The highest BCUT2D eigenvalue weighted by molar-refractivity contribution is 5.78. The molecule has 0 spiro atoms. The Hall–Kier alpha value is -1.51. The molecule has 3 nitrogen and oxygen atoms in total. The molecule has 17 heavy (non-hydrogen) atoms. The zero-order valence-corrected chi connectivity index (χ0v) is 11.3. The van der Waals surface area contributed by atoms with Crippen LogP contribution in [0.4, 0.5) is 5.69 Å². The van der Waals surface area contributed by atoms with E-state index >= 15 is 0 Å². The molecule has 94 valence electrons. The zero-order chi connectivity index (χ0) is 13.1. The first-order chi connectivity index (χ1) is 7.86. The molecule has 0 unspecified atom stereocenters. The summed E-state index contributed by atoms with van der Waals surface area (Å²) in [5.74, 6) is 0.416. The van der Waals surface area contributed by atoms with Crippen LogP contribution in [0.1, 0.15) is 27.2 Å². The lowest BCUT2D eigenvalue weighted by Crippen LogP contribution is -2.28. The largest absolute Gasteiger partial charge is 0.426 e. The van der Waals surface area contributed by atoms with Crippen LogP contribution >= 0.6 is 0 Å². The fourth-order valence-electron chi connectivity index (χ4n) is 1.20. The molecule has 0 radical (unpaired) electrons. The smallest absolute Gasteiger partial charge is 0.316 e. The van der Waals surface area contributed by atoms with Gasteiger partial charge in [-0.05, 0) is 44.5 Å². The molecule has 0 atom stereocenters. The van der Waals surface area contributed by atoms with E-state index in [4.69, 9.17) is 4.74 Å². The molecule has 0 fully saturated rings. The van der Waals surface area contributed by atoms with Crippen LogP contribution in [0.3, 0.4) is 0 Å². The van der Waals surface area contributed by atoms with Crippen molar-refractivity contribution in [2.24, 2.45) is 5.41 Å². The molecular formula is C14H21NO2. The Kier molecular flexibility index (Phi) is 4.16. The van der Waals surface area contributed by atoms with Crippen LogP contribution in [-0.4, -0.2) is 20.1 Å². The van der Waals surface area contributed by atoms with Crippen LogP contribution in [-0.2, 0) is 4.79 Å². The molecule has 1 aromatic rings. The summed E-state index contributed by atoms with van der Waals surface area (Å²) in [7, 11) is 3.95. The van der Waals surface area contributed by atoms with Crippen LogP contribution < -0.4 is 9.64 Å². The number of carbonyl (C=O) groups excluding carboxylic acids is 1. The Morgan fingerprint density at radius 3 is 2.18 bits per heavy atom. The fourth-order valence-corrected chi connectivity index (χ4v) is 1.20. The summed E-state index contributed by atoms with van der Waals surface area (Å²) in [5, 5.41) is 0. The average Bonchev–Trinajstić information content (AvgIpc) is 2.29. The highest BCUT2D eigenvalue weighted by Gasteiger charge is 2.27. The molecule has 0 saturated carbocycles. The van der Waals surface area contributed by atoms with Gasteiger partial charge in [-0.2, -0.15) is 0 Å². The van der Waals surface area contributed by atoms with Crippen molar-refractivity contribution in [1.82, 2.24) is 0 Å². The maximum atomic E-state index is 11.9.